The Labute approximate surface area is 203 Å². The van der Waals surface area contributed by atoms with Crippen LogP contribution in [0.4, 0.5) is 9.18 Å². The summed E-state index contributed by atoms with van der Waals surface area (Å²) in [7, 11) is 0. The molecule has 1 amide bonds. The Morgan fingerprint density at radius 2 is 1.76 bits per heavy atom. The van der Waals surface area contributed by atoms with E-state index in [2.05, 4.69) is 0 Å². The maximum absolute atomic E-state index is 15.3. The Morgan fingerprint density at radius 1 is 1.12 bits per heavy atom. The van der Waals surface area contributed by atoms with Gasteiger partial charge in [-0.15, -0.1) is 0 Å². The van der Waals surface area contributed by atoms with E-state index in [-0.39, 0.29) is 36.3 Å². The molecule has 2 heterocycles. The Bertz CT molecular complexity index is 851. The molecule has 0 radical (unpaired) electrons. The summed E-state index contributed by atoms with van der Waals surface area (Å²) in [5.41, 5.74) is 1.72. The number of likely N-dealkylation sites (tertiary alicyclic amines) is 1. The molecule has 1 aromatic carbocycles. The van der Waals surface area contributed by atoms with Gasteiger partial charge in [-0.2, -0.15) is 0 Å². The highest BCUT2D eigenvalue weighted by Crippen LogP contribution is 2.39. The molecule has 0 saturated carbocycles. The number of nitrogens with zero attached hydrogens (tertiary/aromatic N) is 1. The maximum Gasteiger partial charge on any atom is 0.410 e. The largest absolute Gasteiger partial charge is 0.466 e. The minimum Gasteiger partial charge on any atom is -0.466 e. The standard InChI is InChI=1S/C27H40FNO5/c1-6-21-22(16-20(17-23(21)28)18-10-14-32-15-11-18)24(25(30)33-7-2)19-8-12-29(13-9-19)26(31)34-27(3,4)5/h16-19,24H,6-15H2,1-5H3. The van der Waals surface area contributed by atoms with Crippen LogP contribution < -0.4 is 0 Å². The number of hydrogen-bond acceptors (Lipinski definition) is 5. The summed E-state index contributed by atoms with van der Waals surface area (Å²) in [6, 6.07) is 3.69. The molecule has 1 aromatic rings. The summed E-state index contributed by atoms with van der Waals surface area (Å²) in [6.45, 7) is 11.9. The number of carbonyl (C=O) groups is 2. The van der Waals surface area contributed by atoms with Crippen LogP contribution in [-0.4, -0.2) is 55.5 Å². The van der Waals surface area contributed by atoms with Crippen molar-refractivity contribution in [2.24, 2.45) is 5.92 Å². The molecule has 3 rings (SSSR count). The third-order valence-electron chi connectivity index (χ3n) is 6.84. The van der Waals surface area contributed by atoms with Crippen LogP contribution in [0.5, 0.6) is 0 Å². The van der Waals surface area contributed by atoms with Crippen LogP contribution in [0.2, 0.25) is 0 Å². The van der Waals surface area contributed by atoms with Crippen LogP contribution in [0.15, 0.2) is 12.1 Å². The van der Waals surface area contributed by atoms with Gasteiger partial charge in [0.2, 0.25) is 0 Å². The number of hydrogen-bond donors (Lipinski definition) is 0. The van der Waals surface area contributed by atoms with E-state index in [0.717, 1.165) is 24.0 Å². The van der Waals surface area contributed by atoms with Gasteiger partial charge in [-0.3, -0.25) is 4.79 Å². The fourth-order valence-electron chi connectivity index (χ4n) is 5.14. The van der Waals surface area contributed by atoms with Crippen molar-refractivity contribution in [2.75, 3.05) is 32.9 Å². The predicted octanol–water partition coefficient (Wildman–Crippen LogP) is 5.58. The van der Waals surface area contributed by atoms with E-state index in [1.807, 2.05) is 33.8 Å². The highest BCUT2D eigenvalue weighted by Gasteiger charge is 2.37. The van der Waals surface area contributed by atoms with Crippen molar-refractivity contribution >= 4 is 12.1 Å². The molecular weight excluding hydrogens is 437 g/mol. The minimum absolute atomic E-state index is 0.0348. The zero-order valence-electron chi connectivity index (χ0n) is 21.3. The minimum atomic E-state index is -0.556. The Hall–Kier alpha value is -2.15. The number of ether oxygens (including phenoxy) is 3. The van der Waals surface area contributed by atoms with Crippen molar-refractivity contribution in [3.05, 3.63) is 34.6 Å². The number of amides is 1. The van der Waals surface area contributed by atoms with E-state index in [9.17, 15) is 9.59 Å². The molecule has 2 fully saturated rings. The van der Waals surface area contributed by atoms with Crippen LogP contribution >= 0.6 is 0 Å². The molecule has 1 atom stereocenters. The van der Waals surface area contributed by atoms with Gasteiger partial charge in [0.25, 0.3) is 0 Å². The normalized spacial score (nSPS) is 19.1. The summed E-state index contributed by atoms with van der Waals surface area (Å²) in [5.74, 6) is -0.916. The van der Waals surface area contributed by atoms with Gasteiger partial charge in [-0.1, -0.05) is 13.0 Å². The average Bonchev–Trinajstić information content (AvgIpc) is 2.79. The van der Waals surface area contributed by atoms with Crippen molar-refractivity contribution in [1.29, 1.82) is 0 Å². The summed E-state index contributed by atoms with van der Waals surface area (Å²) < 4.78 is 31.8. The van der Waals surface area contributed by atoms with E-state index >= 15 is 4.39 Å². The third-order valence-corrected chi connectivity index (χ3v) is 6.84. The second-order valence-corrected chi connectivity index (χ2v) is 10.3. The number of halogens is 1. The number of benzene rings is 1. The quantitative estimate of drug-likeness (QED) is 0.501. The first-order chi connectivity index (χ1) is 16.1. The smallest absolute Gasteiger partial charge is 0.410 e. The second-order valence-electron chi connectivity index (χ2n) is 10.3. The highest BCUT2D eigenvalue weighted by atomic mass is 19.1. The zero-order chi connectivity index (χ0) is 24.9. The number of rotatable bonds is 6. The molecule has 34 heavy (non-hydrogen) atoms. The number of piperidine rings is 1. The maximum atomic E-state index is 15.3. The molecule has 0 aromatic heterocycles. The van der Waals surface area contributed by atoms with E-state index in [1.165, 1.54) is 0 Å². The Kier molecular flexibility index (Phi) is 8.96. The van der Waals surface area contributed by atoms with Crippen LogP contribution in [0.1, 0.15) is 88.8 Å². The molecule has 1 unspecified atom stereocenters. The van der Waals surface area contributed by atoms with Crippen molar-refractivity contribution in [1.82, 2.24) is 4.90 Å². The summed E-state index contributed by atoms with van der Waals surface area (Å²) in [4.78, 5) is 27.5. The van der Waals surface area contributed by atoms with Gasteiger partial charge in [-0.25, -0.2) is 9.18 Å². The van der Waals surface area contributed by atoms with Crippen molar-refractivity contribution < 1.29 is 28.2 Å². The fraction of sp³-hybridized carbons (Fsp3) is 0.704. The number of carbonyl (C=O) groups excluding carboxylic acids is 2. The van der Waals surface area contributed by atoms with Gasteiger partial charge in [0.15, 0.2) is 0 Å². The molecule has 0 spiro atoms. The highest BCUT2D eigenvalue weighted by molar-refractivity contribution is 5.79. The molecule has 6 nitrogen and oxygen atoms in total. The van der Waals surface area contributed by atoms with E-state index in [0.29, 0.717) is 51.1 Å². The lowest BCUT2D eigenvalue weighted by Gasteiger charge is -2.37. The van der Waals surface area contributed by atoms with Crippen LogP contribution in [0.3, 0.4) is 0 Å². The zero-order valence-corrected chi connectivity index (χ0v) is 21.3. The fourth-order valence-corrected chi connectivity index (χ4v) is 5.14. The lowest BCUT2D eigenvalue weighted by molar-refractivity contribution is -0.146. The average molecular weight is 478 g/mol. The van der Waals surface area contributed by atoms with Gasteiger partial charge in [-0.05, 0) is 94.4 Å². The molecule has 2 aliphatic heterocycles. The van der Waals surface area contributed by atoms with Gasteiger partial charge < -0.3 is 19.1 Å². The van der Waals surface area contributed by atoms with Crippen molar-refractivity contribution in [3.8, 4) is 0 Å². The van der Waals surface area contributed by atoms with Gasteiger partial charge in [0.05, 0.1) is 12.5 Å². The van der Waals surface area contributed by atoms with Crippen LogP contribution in [0.25, 0.3) is 0 Å². The lowest BCUT2D eigenvalue weighted by atomic mass is 9.76. The first kappa shape index (κ1) is 26.5. The second kappa shape index (κ2) is 11.5. The van der Waals surface area contributed by atoms with Gasteiger partial charge in [0.1, 0.15) is 11.4 Å². The Morgan fingerprint density at radius 3 is 2.32 bits per heavy atom. The van der Waals surface area contributed by atoms with E-state index in [1.54, 1.807) is 17.9 Å². The van der Waals surface area contributed by atoms with E-state index in [4.69, 9.17) is 14.2 Å². The molecule has 190 valence electrons. The van der Waals surface area contributed by atoms with Gasteiger partial charge >= 0.3 is 12.1 Å². The van der Waals surface area contributed by atoms with Crippen LogP contribution in [-0.2, 0) is 25.4 Å². The van der Waals surface area contributed by atoms with Crippen molar-refractivity contribution in [2.45, 2.75) is 84.2 Å². The lowest BCUT2D eigenvalue weighted by Crippen LogP contribution is -2.43. The third kappa shape index (κ3) is 6.49. The first-order valence-corrected chi connectivity index (χ1v) is 12.7. The van der Waals surface area contributed by atoms with Crippen LogP contribution in [0, 0.1) is 11.7 Å². The first-order valence-electron chi connectivity index (χ1n) is 12.7. The Balaban J connectivity index is 1.89. The number of esters is 1. The predicted molar refractivity (Wildman–Crippen MR) is 128 cm³/mol. The topological polar surface area (TPSA) is 65.1 Å². The monoisotopic (exact) mass is 477 g/mol. The van der Waals surface area contributed by atoms with E-state index < -0.39 is 11.5 Å². The van der Waals surface area contributed by atoms with Crippen molar-refractivity contribution in [3.63, 3.8) is 0 Å². The molecular formula is C27H40FNO5. The molecule has 0 N–H and O–H groups in total. The molecule has 0 aliphatic carbocycles. The molecule has 2 saturated heterocycles. The van der Waals surface area contributed by atoms with Gasteiger partial charge in [0, 0.05) is 26.3 Å². The molecule has 2 aliphatic rings. The SMILES string of the molecule is CCOC(=O)C(c1cc(C2CCOCC2)cc(F)c1CC)C1CCN(C(=O)OC(C)(C)C)CC1. The molecule has 7 heteroatoms. The summed E-state index contributed by atoms with van der Waals surface area (Å²) in [5, 5.41) is 0. The summed E-state index contributed by atoms with van der Waals surface area (Å²) in [6.07, 6.45) is 3.14. The molecule has 0 bridgehead atoms. The summed E-state index contributed by atoms with van der Waals surface area (Å²) >= 11 is 0.